The Morgan fingerprint density at radius 1 is 1.07 bits per heavy atom. The van der Waals surface area contributed by atoms with Crippen LogP contribution >= 0.6 is 0 Å². The molecule has 0 aromatic rings. The molecule has 0 radical (unpaired) electrons. The first-order valence-electron chi connectivity index (χ1n) is 16.5. The Kier molecular flexibility index (Phi) is 12.8. The van der Waals surface area contributed by atoms with Crippen LogP contribution < -0.4 is 21.3 Å². The normalized spacial score (nSPS) is 26.9. The second-order valence-corrected chi connectivity index (χ2v) is 14.0. The third-order valence-electron chi connectivity index (χ3n) is 10.0. The number of unbranched alkanes of at least 4 members (excludes halogenated alkanes) is 5. The first-order valence-corrected chi connectivity index (χ1v) is 16.5. The van der Waals surface area contributed by atoms with Gasteiger partial charge >= 0.3 is 7.12 Å². The lowest BCUT2D eigenvalue weighted by Crippen LogP contribution is -2.65. The predicted octanol–water partition coefficient (Wildman–Crippen LogP) is 4.71. The summed E-state index contributed by atoms with van der Waals surface area (Å²) >= 11 is 0. The quantitative estimate of drug-likeness (QED) is 0.0520. The van der Waals surface area contributed by atoms with E-state index in [1.807, 2.05) is 6.08 Å². The first-order chi connectivity index (χ1) is 19.9. The molecule has 0 unspecified atom stereocenters. The zero-order valence-corrected chi connectivity index (χ0v) is 27.2. The van der Waals surface area contributed by atoms with Crippen LogP contribution in [0.3, 0.4) is 0 Å². The maximum atomic E-state index is 13.7. The Morgan fingerprint density at radius 2 is 1.79 bits per heavy atom. The summed E-state index contributed by atoms with van der Waals surface area (Å²) < 4.78 is 13.3. The summed E-state index contributed by atoms with van der Waals surface area (Å²) in [6, 6.07) is -0.656. The molecule has 4 aliphatic rings. The maximum absolute atomic E-state index is 13.7. The number of carbonyl (C=O) groups excluding carboxylic acids is 2. The molecule has 4 rings (SSSR count). The van der Waals surface area contributed by atoms with E-state index in [2.05, 4.69) is 62.5 Å². The third-order valence-corrected chi connectivity index (χ3v) is 10.0. The highest BCUT2D eigenvalue weighted by atomic mass is 16.7. The van der Waals surface area contributed by atoms with Gasteiger partial charge in [0.25, 0.3) is 0 Å². The highest BCUT2D eigenvalue weighted by Crippen LogP contribution is 2.65. The van der Waals surface area contributed by atoms with E-state index in [-0.39, 0.29) is 40.8 Å². The van der Waals surface area contributed by atoms with Gasteiger partial charge in [-0.2, -0.15) is 0 Å². The molecule has 2 amide bonds. The van der Waals surface area contributed by atoms with Crippen molar-refractivity contribution in [3.8, 4) is 0 Å². The molecule has 0 aromatic carbocycles. The number of hydrogen-bond acceptors (Lipinski definition) is 5. The molecule has 4 fully saturated rings. The fourth-order valence-corrected chi connectivity index (χ4v) is 7.35. The van der Waals surface area contributed by atoms with Crippen LogP contribution in [0.1, 0.15) is 112 Å². The van der Waals surface area contributed by atoms with E-state index in [1.54, 1.807) is 7.05 Å². The molecule has 6 atom stereocenters. The zero-order valence-electron chi connectivity index (χ0n) is 27.2. The Bertz CT molecular complexity index is 931. The van der Waals surface area contributed by atoms with Crippen molar-refractivity contribution in [3.63, 3.8) is 0 Å². The lowest BCUT2D eigenvalue weighted by Gasteiger charge is -2.64. The third kappa shape index (κ3) is 8.74. The molecule has 42 heavy (non-hydrogen) atoms. The second-order valence-electron chi connectivity index (χ2n) is 14.0. The lowest BCUT2D eigenvalue weighted by atomic mass is 9.43. The van der Waals surface area contributed by atoms with Gasteiger partial charge in [-0.1, -0.05) is 53.0 Å². The summed E-state index contributed by atoms with van der Waals surface area (Å²) in [5, 5.41) is 19.7. The van der Waals surface area contributed by atoms with E-state index in [0.29, 0.717) is 43.6 Å². The Labute approximate surface area is 255 Å². The number of allylic oxidation sites excluding steroid dienone is 1. The van der Waals surface area contributed by atoms with Crippen molar-refractivity contribution in [2.24, 2.45) is 23.2 Å². The SMILES string of the molecule is C=CCCCCCCCC(=O)N[C@@H](CCCNC(=N)NC)C(=O)N[C@@H](CC(C)C)B1O[C@@H]2C[C@@H]3C[C@@H](C3(C)C)[C@]2(C)O1. The minimum Gasteiger partial charge on any atom is -0.404 e. The summed E-state index contributed by atoms with van der Waals surface area (Å²) in [7, 11) is 1.19. The van der Waals surface area contributed by atoms with Gasteiger partial charge in [0.1, 0.15) is 6.04 Å². The molecule has 238 valence electrons. The largest absolute Gasteiger partial charge is 0.481 e. The number of nitrogens with one attached hydrogen (secondary N) is 5. The van der Waals surface area contributed by atoms with Crippen LogP contribution in [0.5, 0.6) is 0 Å². The van der Waals surface area contributed by atoms with E-state index in [4.69, 9.17) is 14.7 Å². The minimum atomic E-state index is -0.656. The first kappa shape index (κ1) is 34.4. The van der Waals surface area contributed by atoms with Crippen LogP contribution in [0.15, 0.2) is 12.7 Å². The zero-order chi connectivity index (χ0) is 30.9. The van der Waals surface area contributed by atoms with Crippen molar-refractivity contribution >= 4 is 24.9 Å². The van der Waals surface area contributed by atoms with Gasteiger partial charge in [-0.15, -0.1) is 6.58 Å². The smallest absolute Gasteiger partial charge is 0.404 e. The molecular formula is C32H58BN5O4. The molecule has 1 saturated heterocycles. The van der Waals surface area contributed by atoms with Crippen molar-refractivity contribution in [1.82, 2.24) is 21.3 Å². The van der Waals surface area contributed by atoms with E-state index >= 15 is 0 Å². The standard InChI is InChI=1S/C32H58BN5O4/c1-8-9-10-11-12-13-14-17-28(39)37-24(16-15-18-36-30(34)35-7)29(40)38-27(19-22(2)3)33-41-26-21-23-20-25(31(23,4)5)32(26,6)42-33/h8,22-27H,1,9-21H2,2-7H3,(H,37,39)(H,38,40)(H3,34,35,36)/t23-,24-,25-,26+,27-,32-/m0/s1. The summed E-state index contributed by atoms with van der Waals surface area (Å²) in [4.78, 5) is 26.6. The van der Waals surface area contributed by atoms with E-state index in [0.717, 1.165) is 51.4 Å². The summed E-state index contributed by atoms with van der Waals surface area (Å²) in [5.41, 5.74) is -0.0927. The number of amides is 2. The van der Waals surface area contributed by atoms with Crippen LogP contribution in [-0.4, -0.2) is 62.2 Å². The number of guanidine groups is 1. The average molecular weight is 588 g/mol. The Balaban J connectivity index is 1.61. The molecule has 5 N–H and O–H groups in total. The van der Waals surface area contributed by atoms with Crippen LogP contribution in [0.2, 0.25) is 0 Å². The Hall–Kier alpha value is -2.07. The van der Waals surface area contributed by atoms with Gasteiger partial charge in [0.05, 0.1) is 17.6 Å². The summed E-state index contributed by atoms with van der Waals surface area (Å²) in [6.45, 7) is 15.5. The number of hydrogen-bond donors (Lipinski definition) is 5. The molecule has 2 bridgehead atoms. The molecule has 10 heteroatoms. The molecule has 1 heterocycles. The van der Waals surface area contributed by atoms with Crippen molar-refractivity contribution < 1.29 is 18.9 Å². The molecule has 0 aromatic heterocycles. The van der Waals surface area contributed by atoms with Crippen LogP contribution in [-0.2, 0) is 18.9 Å². The van der Waals surface area contributed by atoms with E-state index < -0.39 is 13.2 Å². The van der Waals surface area contributed by atoms with Gasteiger partial charge in [0.15, 0.2) is 5.96 Å². The second kappa shape index (κ2) is 15.6. The number of carbonyl (C=O) groups is 2. The van der Waals surface area contributed by atoms with Crippen LogP contribution in [0.4, 0.5) is 0 Å². The van der Waals surface area contributed by atoms with Crippen LogP contribution in [0.25, 0.3) is 0 Å². The maximum Gasteiger partial charge on any atom is 0.481 e. The lowest BCUT2D eigenvalue weighted by molar-refractivity contribution is -0.199. The van der Waals surface area contributed by atoms with Crippen molar-refractivity contribution in [1.29, 1.82) is 5.41 Å². The summed E-state index contributed by atoms with van der Waals surface area (Å²) in [6.07, 6.45) is 12.7. The fraction of sp³-hybridized carbons (Fsp3) is 0.844. The van der Waals surface area contributed by atoms with Gasteiger partial charge in [-0.25, -0.2) is 0 Å². The van der Waals surface area contributed by atoms with Crippen molar-refractivity contribution in [2.75, 3.05) is 13.6 Å². The van der Waals surface area contributed by atoms with E-state index in [9.17, 15) is 9.59 Å². The molecule has 9 nitrogen and oxygen atoms in total. The molecule has 3 aliphatic carbocycles. The minimum absolute atomic E-state index is 0.0478. The predicted molar refractivity (Wildman–Crippen MR) is 170 cm³/mol. The van der Waals surface area contributed by atoms with Gasteiger partial charge in [0.2, 0.25) is 11.8 Å². The van der Waals surface area contributed by atoms with Gasteiger partial charge in [-0.3, -0.25) is 15.0 Å². The average Bonchev–Trinajstić information content (AvgIpc) is 3.30. The fourth-order valence-electron chi connectivity index (χ4n) is 7.35. The van der Waals surface area contributed by atoms with Crippen molar-refractivity contribution in [2.45, 2.75) is 135 Å². The van der Waals surface area contributed by atoms with Gasteiger partial charge < -0.3 is 30.6 Å². The molecule has 0 spiro atoms. The highest BCUT2D eigenvalue weighted by Gasteiger charge is 2.68. The van der Waals surface area contributed by atoms with Gasteiger partial charge in [0, 0.05) is 20.0 Å². The van der Waals surface area contributed by atoms with Crippen molar-refractivity contribution in [3.05, 3.63) is 12.7 Å². The van der Waals surface area contributed by atoms with Gasteiger partial charge in [-0.05, 0) is 81.5 Å². The van der Waals surface area contributed by atoms with E-state index in [1.165, 1.54) is 6.42 Å². The molecule has 3 saturated carbocycles. The number of rotatable bonds is 18. The molecular weight excluding hydrogens is 529 g/mol. The monoisotopic (exact) mass is 587 g/mol. The summed E-state index contributed by atoms with van der Waals surface area (Å²) in [5.74, 6) is 1.09. The topological polar surface area (TPSA) is 125 Å². The van der Waals surface area contributed by atoms with Crippen LogP contribution in [0, 0.1) is 28.6 Å². The highest BCUT2D eigenvalue weighted by molar-refractivity contribution is 6.48. The molecule has 1 aliphatic heterocycles. The Morgan fingerprint density at radius 3 is 2.45 bits per heavy atom.